The summed E-state index contributed by atoms with van der Waals surface area (Å²) >= 11 is 5.19. The minimum absolute atomic E-state index is 0.0722. The van der Waals surface area contributed by atoms with Gasteiger partial charge >= 0.3 is 0 Å². The van der Waals surface area contributed by atoms with Crippen LogP contribution >= 0.6 is 12.2 Å². The highest BCUT2D eigenvalue weighted by Gasteiger charge is 2.09. The van der Waals surface area contributed by atoms with E-state index in [1.54, 1.807) is 12.1 Å². The molecule has 6 heteroatoms. The van der Waals surface area contributed by atoms with Gasteiger partial charge in [0.2, 0.25) is 0 Å². The number of rotatable bonds is 8. The Morgan fingerprint density at radius 3 is 2.68 bits per heavy atom. The van der Waals surface area contributed by atoms with Gasteiger partial charge in [0.1, 0.15) is 18.5 Å². The molecular weight excluding hydrogens is 338 g/mol. The first-order valence-corrected chi connectivity index (χ1v) is 8.47. The summed E-state index contributed by atoms with van der Waals surface area (Å²) < 4.78 is 16.3. The maximum Gasteiger partial charge on any atom is 0.257 e. The van der Waals surface area contributed by atoms with Crippen molar-refractivity contribution >= 4 is 17.4 Å². The molecule has 2 rings (SSSR count). The van der Waals surface area contributed by atoms with Crippen molar-refractivity contribution in [3.63, 3.8) is 0 Å². The minimum Gasteiger partial charge on any atom is -0.504 e. The van der Waals surface area contributed by atoms with Gasteiger partial charge in [-0.05, 0) is 43.3 Å². The number of hydrogen-bond donors (Lipinski definition) is 2. The van der Waals surface area contributed by atoms with Gasteiger partial charge in [0.25, 0.3) is 5.17 Å². The summed E-state index contributed by atoms with van der Waals surface area (Å²) in [6.45, 7) is 2.92. The van der Waals surface area contributed by atoms with E-state index in [4.69, 9.17) is 26.4 Å². The van der Waals surface area contributed by atoms with Crippen molar-refractivity contribution in [2.75, 3.05) is 20.3 Å². The van der Waals surface area contributed by atoms with Gasteiger partial charge in [-0.1, -0.05) is 30.3 Å². The lowest BCUT2D eigenvalue weighted by Crippen LogP contribution is -2.31. The van der Waals surface area contributed by atoms with Crippen LogP contribution in [-0.4, -0.2) is 36.6 Å². The molecule has 0 heterocycles. The Bertz CT molecular complexity index is 678. The van der Waals surface area contributed by atoms with Crippen LogP contribution in [0, 0.1) is 0 Å². The fraction of sp³-hybridized carbons (Fsp3) is 0.316. The molecule has 25 heavy (non-hydrogen) atoms. The first-order valence-electron chi connectivity index (χ1n) is 8.06. The molecule has 2 N–H and O–H groups in total. The van der Waals surface area contributed by atoms with Crippen molar-refractivity contribution in [1.82, 2.24) is 5.32 Å². The Balaban J connectivity index is 1.69. The summed E-state index contributed by atoms with van der Waals surface area (Å²) in [5, 5.41) is 13.0. The predicted octanol–water partition coefficient (Wildman–Crippen LogP) is 3.30. The third kappa shape index (κ3) is 6.51. The second kappa shape index (κ2) is 9.74. The molecule has 0 radical (unpaired) electrons. The van der Waals surface area contributed by atoms with E-state index in [2.05, 4.69) is 17.4 Å². The van der Waals surface area contributed by atoms with E-state index in [-0.39, 0.29) is 11.9 Å². The molecule has 2 aromatic carbocycles. The quantitative estimate of drug-likeness (QED) is 0.704. The van der Waals surface area contributed by atoms with Crippen molar-refractivity contribution < 1.29 is 19.3 Å². The molecule has 0 fully saturated rings. The van der Waals surface area contributed by atoms with Crippen LogP contribution in [0.3, 0.4) is 0 Å². The molecule has 0 aliphatic rings. The average Bonchev–Trinajstić information content (AvgIpc) is 2.62. The van der Waals surface area contributed by atoms with Gasteiger partial charge in [-0.15, -0.1) is 0 Å². The first kappa shape index (κ1) is 18.9. The highest BCUT2D eigenvalue weighted by atomic mass is 32.1. The van der Waals surface area contributed by atoms with Crippen LogP contribution in [0.2, 0.25) is 0 Å². The average molecular weight is 361 g/mol. The van der Waals surface area contributed by atoms with E-state index in [9.17, 15) is 5.11 Å². The predicted molar refractivity (Wildman–Crippen MR) is 101 cm³/mol. The topological polar surface area (TPSA) is 60.0 Å². The number of ether oxygens (including phenoxy) is 3. The molecule has 0 amide bonds. The van der Waals surface area contributed by atoms with Crippen molar-refractivity contribution in [2.45, 2.75) is 19.4 Å². The summed E-state index contributed by atoms with van der Waals surface area (Å²) in [4.78, 5) is 0. The van der Waals surface area contributed by atoms with Gasteiger partial charge < -0.3 is 24.6 Å². The fourth-order valence-corrected chi connectivity index (χ4v) is 2.44. The van der Waals surface area contributed by atoms with Gasteiger partial charge in [-0.2, -0.15) is 0 Å². The van der Waals surface area contributed by atoms with Crippen LogP contribution in [-0.2, 0) is 11.2 Å². The van der Waals surface area contributed by atoms with Gasteiger partial charge in [0.05, 0.1) is 7.11 Å². The van der Waals surface area contributed by atoms with Gasteiger partial charge in [-0.25, -0.2) is 0 Å². The van der Waals surface area contributed by atoms with E-state index in [1.807, 2.05) is 25.1 Å². The molecule has 0 saturated carbocycles. The number of aromatic hydroxyl groups is 1. The molecule has 0 saturated heterocycles. The summed E-state index contributed by atoms with van der Waals surface area (Å²) in [6, 6.07) is 15.0. The van der Waals surface area contributed by atoms with Gasteiger partial charge in [0.15, 0.2) is 11.5 Å². The number of hydrogen-bond acceptors (Lipinski definition) is 5. The van der Waals surface area contributed by atoms with Crippen LogP contribution in [0.5, 0.6) is 17.2 Å². The maximum absolute atomic E-state index is 9.57. The van der Waals surface area contributed by atoms with E-state index >= 15 is 0 Å². The summed E-state index contributed by atoms with van der Waals surface area (Å²) in [6.07, 6.45) is 0.666. The summed E-state index contributed by atoms with van der Waals surface area (Å²) in [5.41, 5.74) is 1.25. The van der Waals surface area contributed by atoms with E-state index < -0.39 is 0 Å². The van der Waals surface area contributed by atoms with E-state index in [0.717, 1.165) is 6.42 Å². The first-order chi connectivity index (χ1) is 12.1. The number of thiocarbonyl (C=S) groups is 1. The highest BCUT2D eigenvalue weighted by Crippen LogP contribution is 2.29. The lowest BCUT2D eigenvalue weighted by molar-refractivity contribution is 0.131. The fourth-order valence-electron chi connectivity index (χ4n) is 2.17. The molecule has 0 bridgehead atoms. The molecule has 134 valence electrons. The molecule has 0 aliphatic carbocycles. The maximum atomic E-state index is 9.57. The van der Waals surface area contributed by atoms with Crippen LogP contribution in [0.25, 0.3) is 0 Å². The van der Waals surface area contributed by atoms with Gasteiger partial charge in [-0.3, -0.25) is 0 Å². The second-order valence-electron chi connectivity index (χ2n) is 5.52. The van der Waals surface area contributed by atoms with Crippen molar-refractivity contribution in [3.8, 4) is 17.2 Å². The van der Waals surface area contributed by atoms with Crippen LogP contribution < -0.4 is 14.8 Å². The molecule has 2 aromatic rings. The van der Waals surface area contributed by atoms with Crippen LogP contribution in [0.4, 0.5) is 0 Å². The number of phenolic OH excluding ortho intramolecular Hbond substituents is 1. The minimum atomic E-state index is -0.212. The third-order valence-electron chi connectivity index (χ3n) is 3.47. The zero-order valence-corrected chi connectivity index (χ0v) is 15.2. The molecule has 1 atom stereocenters. The van der Waals surface area contributed by atoms with Crippen molar-refractivity contribution in [2.24, 2.45) is 0 Å². The number of methoxy groups -OCH3 is 1. The Hall–Kier alpha value is -2.47. The second-order valence-corrected chi connectivity index (χ2v) is 5.89. The molecule has 1 unspecified atom stereocenters. The highest BCUT2D eigenvalue weighted by molar-refractivity contribution is 7.80. The Kier molecular flexibility index (Phi) is 7.35. The van der Waals surface area contributed by atoms with E-state index in [1.165, 1.54) is 18.7 Å². The Morgan fingerprint density at radius 1 is 1.20 bits per heavy atom. The summed E-state index contributed by atoms with van der Waals surface area (Å²) in [5.74, 6) is 1.03. The largest absolute Gasteiger partial charge is 0.504 e. The summed E-state index contributed by atoms with van der Waals surface area (Å²) in [7, 11) is 1.49. The van der Waals surface area contributed by atoms with Crippen molar-refractivity contribution in [1.29, 1.82) is 0 Å². The molecule has 0 aliphatic heterocycles. The van der Waals surface area contributed by atoms with E-state index in [0.29, 0.717) is 29.8 Å². The third-order valence-corrected chi connectivity index (χ3v) is 3.71. The molecular formula is C19H23NO4S. The van der Waals surface area contributed by atoms with Crippen LogP contribution in [0.1, 0.15) is 12.5 Å². The lowest BCUT2D eigenvalue weighted by Gasteiger charge is -2.17. The SMILES string of the molecule is COc1cc(OCC(C)OC(=S)NCCc2ccccc2)ccc1O. The van der Waals surface area contributed by atoms with Gasteiger partial charge in [0, 0.05) is 12.6 Å². The molecule has 0 aromatic heterocycles. The van der Waals surface area contributed by atoms with Crippen molar-refractivity contribution in [3.05, 3.63) is 54.1 Å². The monoisotopic (exact) mass is 361 g/mol. The zero-order chi connectivity index (χ0) is 18.1. The molecule has 5 nitrogen and oxygen atoms in total. The smallest absolute Gasteiger partial charge is 0.257 e. The number of benzene rings is 2. The number of nitrogens with one attached hydrogen (secondary N) is 1. The Morgan fingerprint density at radius 2 is 1.96 bits per heavy atom. The number of phenols is 1. The lowest BCUT2D eigenvalue weighted by atomic mass is 10.2. The normalized spacial score (nSPS) is 11.4. The Labute approximate surface area is 153 Å². The standard InChI is InChI=1S/C19H23NO4S/c1-14(13-23-16-8-9-17(21)18(12-16)22-2)24-19(25)20-11-10-15-6-4-3-5-7-15/h3-9,12,14,21H,10-11,13H2,1-2H3,(H,20,25). The zero-order valence-electron chi connectivity index (χ0n) is 14.4. The molecule has 0 spiro atoms. The van der Waals surface area contributed by atoms with Crippen LogP contribution in [0.15, 0.2) is 48.5 Å².